The molecule has 1 aliphatic rings. The first-order chi connectivity index (χ1) is 6.24. The van der Waals surface area contributed by atoms with Gasteiger partial charge in [0, 0.05) is 25.0 Å². The highest BCUT2D eigenvalue weighted by Crippen LogP contribution is 2.31. The maximum absolute atomic E-state index is 11.3. The largest absolute Gasteiger partial charge is 0.390 e. The zero-order chi connectivity index (χ0) is 11.0. The van der Waals surface area contributed by atoms with E-state index in [-0.39, 0.29) is 11.4 Å². The molecule has 0 aromatic carbocycles. The molecule has 0 aliphatic carbocycles. The van der Waals surface area contributed by atoms with Crippen molar-refractivity contribution >= 4 is 6.03 Å². The standard InChI is InChI=1S/C10H20N2O2/c1-9(2,10(3,4)14)7-12-6-5-11-8(12)13/h14H,5-7H2,1-4H3,(H,11,13). The van der Waals surface area contributed by atoms with Gasteiger partial charge in [0.25, 0.3) is 0 Å². The molecule has 0 saturated carbocycles. The SMILES string of the molecule is CC(C)(O)C(C)(C)CN1CCNC1=O. The van der Waals surface area contributed by atoms with E-state index in [1.807, 2.05) is 13.8 Å². The molecule has 4 nitrogen and oxygen atoms in total. The van der Waals surface area contributed by atoms with Gasteiger partial charge in [-0.15, -0.1) is 0 Å². The van der Waals surface area contributed by atoms with Gasteiger partial charge in [0.15, 0.2) is 0 Å². The third-order valence-electron chi connectivity index (χ3n) is 3.19. The molecule has 1 fully saturated rings. The lowest BCUT2D eigenvalue weighted by Crippen LogP contribution is -2.48. The van der Waals surface area contributed by atoms with Crippen LogP contribution in [0, 0.1) is 5.41 Å². The van der Waals surface area contributed by atoms with E-state index in [4.69, 9.17) is 0 Å². The number of amides is 2. The highest BCUT2D eigenvalue weighted by atomic mass is 16.3. The maximum atomic E-state index is 11.3. The third-order valence-corrected chi connectivity index (χ3v) is 3.19. The van der Waals surface area contributed by atoms with Crippen LogP contribution >= 0.6 is 0 Å². The smallest absolute Gasteiger partial charge is 0.317 e. The molecule has 2 N–H and O–H groups in total. The summed E-state index contributed by atoms with van der Waals surface area (Å²) in [5.74, 6) is 0. The van der Waals surface area contributed by atoms with E-state index < -0.39 is 5.60 Å². The number of nitrogens with zero attached hydrogens (tertiary/aromatic N) is 1. The van der Waals surface area contributed by atoms with E-state index >= 15 is 0 Å². The van der Waals surface area contributed by atoms with Crippen LogP contribution in [0.25, 0.3) is 0 Å². The van der Waals surface area contributed by atoms with Crippen LogP contribution in [0.1, 0.15) is 27.7 Å². The van der Waals surface area contributed by atoms with Crippen molar-refractivity contribution in [3.05, 3.63) is 0 Å². The molecule has 1 heterocycles. The minimum absolute atomic E-state index is 0.0256. The fourth-order valence-corrected chi connectivity index (χ4v) is 1.33. The summed E-state index contributed by atoms with van der Waals surface area (Å²) in [6.07, 6.45) is 0. The molecule has 82 valence electrons. The first kappa shape index (κ1) is 11.3. The fourth-order valence-electron chi connectivity index (χ4n) is 1.33. The summed E-state index contributed by atoms with van der Waals surface area (Å²) < 4.78 is 0. The molecule has 0 unspecified atom stereocenters. The van der Waals surface area contributed by atoms with E-state index in [1.54, 1.807) is 18.7 Å². The molecule has 0 aromatic rings. The van der Waals surface area contributed by atoms with Crippen LogP contribution in [0.3, 0.4) is 0 Å². The highest BCUT2D eigenvalue weighted by molar-refractivity contribution is 5.76. The van der Waals surface area contributed by atoms with Crippen molar-refractivity contribution < 1.29 is 9.90 Å². The molecule has 0 aromatic heterocycles. The Morgan fingerprint density at radius 3 is 2.36 bits per heavy atom. The van der Waals surface area contributed by atoms with Crippen LogP contribution in [0.5, 0.6) is 0 Å². The summed E-state index contributed by atoms with van der Waals surface area (Å²) >= 11 is 0. The maximum Gasteiger partial charge on any atom is 0.317 e. The average molecular weight is 200 g/mol. The molecule has 2 amide bonds. The molecule has 0 spiro atoms. The number of carbonyl (C=O) groups excluding carboxylic acids is 1. The lowest BCUT2D eigenvalue weighted by Gasteiger charge is -2.39. The average Bonchev–Trinajstić information content (AvgIpc) is 2.33. The minimum atomic E-state index is -0.782. The molecular weight excluding hydrogens is 180 g/mol. The van der Waals surface area contributed by atoms with E-state index in [0.29, 0.717) is 13.1 Å². The van der Waals surface area contributed by atoms with Gasteiger partial charge in [-0.05, 0) is 13.8 Å². The Bertz CT molecular complexity index is 231. The quantitative estimate of drug-likeness (QED) is 0.708. The number of nitrogens with one attached hydrogen (secondary N) is 1. The summed E-state index contributed by atoms with van der Waals surface area (Å²) in [4.78, 5) is 13.1. The molecule has 1 rings (SSSR count). The number of rotatable bonds is 3. The van der Waals surface area contributed by atoms with E-state index in [1.165, 1.54) is 0 Å². The fraction of sp³-hybridized carbons (Fsp3) is 0.900. The summed E-state index contributed by atoms with van der Waals surface area (Å²) in [5, 5.41) is 12.7. The summed E-state index contributed by atoms with van der Waals surface area (Å²) in [7, 11) is 0. The Kier molecular flexibility index (Phi) is 2.76. The first-order valence-corrected chi connectivity index (χ1v) is 4.99. The van der Waals surface area contributed by atoms with Crippen LogP contribution in [-0.4, -0.2) is 41.3 Å². The van der Waals surface area contributed by atoms with Crippen molar-refractivity contribution in [1.82, 2.24) is 10.2 Å². The molecule has 14 heavy (non-hydrogen) atoms. The number of carbonyl (C=O) groups is 1. The topological polar surface area (TPSA) is 52.6 Å². The minimum Gasteiger partial charge on any atom is -0.390 e. The molecule has 0 bridgehead atoms. The van der Waals surface area contributed by atoms with Gasteiger partial charge in [0.05, 0.1) is 5.60 Å². The Balaban J connectivity index is 2.63. The van der Waals surface area contributed by atoms with Gasteiger partial charge in [-0.2, -0.15) is 0 Å². The molecule has 1 saturated heterocycles. The third kappa shape index (κ3) is 2.18. The van der Waals surface area contributed by atoms with Gasteiger partial charge in [-0.1, -0.05) is 13.8 Å². The number of aliphatic hydroxyl groups is 1. The lowest BCUT2D eigenvalue weighted by atomic mass is 9.77. The van der Waals surface area contributed by atoms with Crippen molar-refractivity contribution in [2.45, 2.75) is 33.3 Å². The van der Waals surface area contributed by atoms with E-state index in [9.17, 15) is 9.90 Å². The van der Waals surface area contributed by atoms with E-state index in [0.717, 1.165) is 6.54 Å². The number of hydrogen-bond donors (Lipinski definition) is 2. The summed E-state index contributed by atoms with van der Waals surface area (Å²) in [5.41, 5.74) is -1.08. The van der Waals surface area contributed by atoms with Gasteiger partial charge in [-0.25, -0.2) is 4.79 Å². The Morgan fingerprint density at radius 1 is 1.43 bits per heavy atom. The van der Waals surface area contributed by atoms with Crippen LogP contribution in [-0.2, 0) is 0 Å². The molecule has 0 radical (unpaired) electrons. The predicted molar refractivity (Wildman–Crippen MR) is 55.1 cm³/mol. The first-order valence-electron chi connectivity index (χ1n) is 4.99. The lowest BCUT2D eigenvalue weighted by molar-refractivity contribution is -0.0445. The van der Waals surface area contributed by atoms with Crippen LogP contribution in [0.4, 0.5) is 4.79 Å². The molecule has 1 aliphatic heterocycles. The molecule has 0 atom stereocenters. The Morgan fingerprint density at radius 2 is 2.00 bits per heavy atom. The van der Waals surface area contributed by atoms with Crippen LogP contribution in [0.15, 0.2) is 0 Å². The van der Waals surface area contributed by atoms with Crippen LogP contribution in [0.2, 0.25) is 0 Å². The zero-order valence-electron chi connectivity index (χ0n) is 9.42. The van der Waals surface area contributed by atoms with E-state index in [2.05, 4.69) is 5.32 Å². The van der Waals surface area contributed by atoms with Gasteiger partial charge in [0.2, 0.25) is 0 Å². The van der Waals surface area contributed by atoms with Crippen molar-refractivity contribution in [2.75, 3.05) is 19.6 Å². The van der Waals surface area contributed by atoms with Gasteiger partial charge >= 0.3 is 6.03 Å². The van der Waals surface area contributed by atoms with Gasteiger partial charge in [-0.3, -0.25) is 0 Å². The molecular formula is C10H20N2O2. The highest BCUT2D eigenvalue weighted by Gasteiger charge is 2.38. The second kappa shape index (κ2) is 3.42. The monoisotopic (exact) mass is 200 g/mol. The number of hydrogen-bond acceptors (Lipinski definition) is 2. The Hall–Kier alpha value is -0.770. The number of urea groups is 1. The van der Waals surface area contributed by atoms with Gasteiger partial charge < -0.3 is 15.3 Å². The molecule has 4 heteroatoms. The zero-order valence-corrected chi connectivity index (χ0v) is 9.42. The van der Waals surface area contributed by atoms with Gasteiger partial charge in [0.1, 0.15) is 0 Å². The van der Waals surface area contributed by atoms with Crippen molar-refractivity contribution in [3.63, 3.8) is 0 Å². The van der Waals surface area contributed by atoms with Crippen molar-refractivity contribution in [1.29, 1.82) is 0 Å². The summed E-state index contributed by atoms with van der Waals surface area (Å²) in [6, 6.07) is -0.0256. The second-order valence-electron chi connectivity index (χ2n) is 5.10. The van der Waals surface area contributed by atoms with Crippen molar-refractivity contribution in [3.8, 4) is 0 Å². The normalized spacial score (nSPS) is 18.6. The predicted octanol–water partition coefficient (Wildman–Crippen LogP) is 0.809. The second-order valence-corrected chi connectivity index (χ2v) is 5.10. The van der Waals surface area contributed by atoms with Crippen molar-refractivity contribution in [2.24, 2.45) is 5.41 Å². The van der Waals surface area contributed by atoms with Crippen LogP contribution < -0.4 is 5.32 Å². The summed E-state index contributed by atoms with van der Waals surface area (Å²) in [6.45, 7) is 9.53. The Labute approximate surface area is 85.3 Å².